The molecule has 1 unspecified atom stereocenters. The summed E-state index contributed by atoms with van der Waals surface area (Å²) in [5.74, 6) is 1.58. The number of ether oxygens (including phenoxy) is 5. The largest absolute Gasteiger partial charge is 0.497 e. The molecule has 0 bridgehead atoms. The Morgan fingerprint density at radius 3 is 2.42 bits per heavy atom. The number of piperidine rings is 1. The second-order valence-corrected chi connectivity index (χ2v) is 13.9. The Kier molecular flexibility index (Phi) is 10.3. The van der Waals surface area contributed by atoms with Crippen LogP contribution < -0.4 is 19.8 Å². The number of carbonyl (C=O) groups excluding carboxylic acids is 2. The minimum absolute atomic E-state index is 0.105. The van der Waals surface area contributed by atoms with Crippen molar-refractivity contribution in [2.75, 3.05) is 33.4 Å². The van der Waals surface area contributed by atoms with Gasteiger partial charge in [-0.25, -0.2) is 14.6 Å². The Morgan fingerprint density at radius 2 is 1.74 bits per heavy atom. The van der Waals surface area contributed by atoms with E-state index in [2.05, 4.69) is 4.98 Å². The Balaban J connectivity index is 1.46. The van der Waals surface area contributed by atoms with Crippen molar-refractivity contribution in [3.8, 4) is 28.5 Å². The highest BCUT2D eigenvalue weighted by molar-refractivity contribution is 5.95. The van der Waals surface area contributed by atoms with Crippen molar-refractivity contribution in [2.45, 2.75) is 71.5 Å². The van der Waals surface area contributed by atoms with Crippen LogP contribution in [0.3, 0.4) is 0 Å². The SMILES string of the molecule is CCOC(=O)c1cc2c(C3CCCN(C(=O)OC(C)(C)C)C3)cc(-c3c(OCc4ccc(OC)cc4)cccc3OCC3CC3)nc2[nH]c1=O. The van der Waals surface area contributed by atoms with Gasteiger partial charge in [0.1, 0.15) is 40.7 Å². The van der Waals surface area contributed by atoms with Gasteiger partial charge in [0.2, 0.25) is 0 Å². The van der Waals surface area contributed by atoms with Gasteiger partial charge in [-0.2, -0.15) is 0 Å². The quantitative estimate of drug-likeness (QED) is 0.162. The van der Waals surface area contributed by atoms with E-state index in [9.17, 15) is 14.4 Å². The first-order valence-electron chi connectivity index (χ1n) is 17.3. The summed E-state index contributed by atoms with van der Waals surface area (Å²) in [4.78, 5) is 48.8. The molecule has 264 valence electrons. The fourth-order valence-corrected chi connectivity index (χ4v) is 6.14. The normalized spacial score (nSPS) is 16.2. The highest BCUT2D eigenvalue weighted by Crippen LogP contribution is 2.42. The van der Waals surface area contributed by atoms with E-state index in [-0.39, 0.29) is 30.8 Å². The number of fused-ring (bicyclic) bond motifs is 1. The Morgan fingerprint density at radius 1 is 1.00 bits per heavy atom. The third kappa shape index (κ3) is 8.21. The first-order chi connectivity index (χ1) is 24.0. The van der Waals surface area contributed by atoms with E-state index in [1.807, 2.05) is 69.3 Å². The van der Waals surface area contributed by atoms with Gasteiger partial charge in [0.15, 0.2) is 0 Å². The molecule has 1 aliphatic heterocycles. The number of aromatic amines is 1. The fraction of sp³-hybridized carbons (Fsp3) is 0.436. The lowest BCUT2D eigenvalue weighted by Crippen LogP contribution is -2.42. The molecule has 1 saturated carbocycles. The van der Waals surface area contributed by atoms with Crippen molar-refractivity contribution in [2.24, 2.45) is 5.92 Å². The van der Waals surface area contributed by atoms with Crippen LogP contribution in [0.1, 0.15) is 80.8 Å². The van der Waals surface area contributed by atoms with Crippen LogP contribution in [0.2, 0.25) is 0 Å². The van der Waals surface area contributed by atoms with E-state index < -0.39 is 17.1 Å². The number of esters is 1. The number of nitrogens with zero attached hydrogens (tertiary/aromatic N) is 2. The number of pyridine rings is 2. The Hall–Kier alpha value is -5.06. The lowest BCUT2D eigenvalue weighted by molar-refractivity contribution is 0.0198. The lowest BCUT2D eigenvalue weighted by atomic mass is 9.87. The predicted molar refractivity (Wildman–Crippen MR) is 189 cm³/mol. The van der Waals surface area contributed by atoms with Crippen LogP contribution in [0.25, 0.3) is 22.3 Å². The van der Waals surface area contributed by atoms with Crippen molar-refractivity contribution < 1.29 is 33.3 Å². The van der Waals surface area contributed by atoms with E-state index >= 15 is 0 Å². The highest BCUT2D eigenvalue weighted by atomic mass is 16.6. The fourth-order valence-electron chi connectivity index (χ4n) is 6.14. The van der Waals surface area contributed by atoms with Crippen molar-refractivity contribution in [1.82, 2.24) is 14.9 Å². The Bertz CT molecular complexity index is 1910. The molecule has 50 heavy (non-hydrogen) atoms. The second kappa shape index (κ2) is 14.8. The van der Waals surface area contributed by atoms with Gasteiger partial charge >= 0.3 is 12.1 Å². The number of methoxy groups -OCH3 is 1. The summed E-state index contributed by atoms with van der Waals surface area (Å²) in [6.45, 7) is 9.17. The van der Waals surface area contributed by atoms with Crippen LogP contribution in [0.15, 0.2) is 59.4 Å². The summed E-state index contributed by atoms with van der Waals surface area (Å²) < 4.78 is 29.1. The minimum Gasteiger partial charge on any atom is -0.497 e. The highest BCUT2D eigenvalue weighted by Gasteiger charge is 2.31. The number of amides is 1. The van der Waals surface area contributed by atoms with Crippen molar-refractivity contribution >= 4 is 23.1 Å². The number of aromatic nitrogens is 2. The summed E-state index contributed by atoms with van der Waals surface area (Å²) in [7, 11) is 1.63. The van der Waals surface area contributed by atoms with Crippen LogP contribution in [0.5, 0.6) is 17.2 Å². The van der Waals surface area contributed by atoms with Gasteiger partial charge in [0.25, 0.3) is 5.56 Å². The van der Waals surface area contributed by atoms with E-state index in [0.29, 0.717) is 59.4 Å². The molecule has 2 aromatic carbocycles. The summed E-state index contributed by atoms with van der Waals surface area (Å²) in [6, 6.07) is 16.9. The van der Waals surface area contributed by atoms with E-state index in [1.54, 1.807) is 25.0 Å². The summed E-state index contributed by atoms with van der Waals surface area (Å²) in [5, 5.41) is 0.601. The molecule has 0 spiro atoms. The number of likely N-dealkylation sites (tertiary alicyclic amines) is 1. The number of nitrogens with one attached hydrogen (secondary N) is 1. The summed E-state index contributed by atoms with van der Waals surface area (Å²) >= 11 is 0. The van der Waals surface area contributed by atoms with Crippen LogP contribution >= 0.6 is 0 Å². The molecule has 0 radical (unpaired) electrons. The zero-order valence-electron chi connectivity index (χ0n) is 29.4. The molecular formula is C39H45N3O8. The smallest absolute Gasteiger partial charge is 0.410 e. The molecule has 1 aliphatic carbocycles. The molecule has 1 amide bonds. The molecule has 4 aromatic rings. The van der Waals surface area contributed by atoms with Crippen molar-refractivity contribution in [3.63, 3.8) is 0 Å². The maximum Gasteiger partial charge on any atom is 0.410 e. The topological polar surface area (TPSA) is 129 Å². The number of H-pyrrole nitrogens is 1. The van der Waals surface area contributed by atoms with E-state index in [0.717, 1.165) is 42.6 Å². The molecule has 2 aromatic heterocycles. The first-order valence-corrected chi connectivity index (χ1v) is 17.3. The molecule has 3 heterocycles. The second-order valence-electron chi connectivity index (χ2n) is 13.9. The number of carbonyl (C=O) groups is 2. The van der Waals surface area contributed by atoms with Crippen molar-refractivity contribution in [1.29, 1.82) is 0 Å². The molecule has 2 fully saturated rings. The van der Waals surface area contributed by atoms with Gasteiger partial charge in [0.05, 0.1) is 31.6 Å². The monoisotopic (exact) mass is 683 g/mol. The van der Waals surface area contributed by atoms with Crippen LogP contribution in [-0.2, 0) is 16.1 Å². The average Bonchev–Trinajstić information content (AvgIpc) is 3.93. The van der Waals surface area contributed by atoms with Gasteiger partial charge in [-0.15, -0.1) is 0 Å². The van der Waals surface area contributed by atoms with Crippen LogP contribution in [0, 0.1) is 5.92 Å². The number of hydrogen-bond donors (Lipinski definition) is 1. The third-order valence-corrected chi connectivity index (χ3v) is 8.83. The Labute approximate surface area is 291 Å². The first kappa shape index (κ1) is 34.8. The number of rotatable bonds is 11. The van der Waals surface area contributed by atoms with Gasteiger partial charge in [-0.05, 0) is 107 Å². The molecular weight excluding hydrogens is 638 g/mol. The minimum atomic E-state index is -0.710. The van der Waals surface area contributed by atoms with E-state index in [1.165, 1.54) is 0 Å². The predicted octanol–water partition coefficient (Wildman–Crippen LogP) is 7.26. The summed E-state index contributed by atoms with van der Waals surface area (Å²) in [6.07, 6.45) is 3.39. The summed E-state index contributed by atoms with van der Waals surface area (Å²) in [5.41, 5.74) is 1.94. The lowest BCUT2D eigenvalue weighted by Gasteiger charge is -2.34. The van der Waals surface area contributed by atoms with Gasteiger partial charge in [-0.1, -0.05) is 18.2 Å². The standard InChI is InChI=1S/C39H45N3O8/c1-6-47-37(44)30-19-29-28(26-9-8-18-42(21-26)38(45)50-39(2,3)4)20-31(40-35(29)41-36(30)43)34-32(48-22-24-12-13-24)10-7-11-33(34)49-23-25-14-16-27(46-5)17-15-25/h7,10-11,14-17,19-20,24,26H,6,8-9,12-13,18,21-23H2,1-5H3,(H,40,41,43). The molecule has 11 nitrogen and oxygen atoms in total. The molecule has 1 N–H and O–H groups in total. The number of benzene rings is 2. The van der Waals surface area contributed by atoms with Gasteiger partial charge < -0.3 is 33.6 Å². The van der Waals surface area contributed by atoms with Crippen LogP contribution in [-0.4, -0.2) is 65.9 Å². The molecule has 1 atom stereocenters. The maximum atomic E-state index is 13.3. The molecule has 1 saturated heterocycles. The van der Waals surface area contributed by atoms with Crippen molar-refractivity contribution in [3.05, 3.63) is 81.6 Å². The maximum absolute atomic E-state index is 13.3. The van der Waals surface area contributed by atoms with Gasteiger partial charge in [-0.3, -0.25) is 4.79 Å². The molecule has 6 rings (SSSR count). The van der Waals surface area contributed by atoms with Crippen LogP contribution in [0.4, 0.5) is 4.79 Å². The average molecular weight is 684 g/mol. The van der Waals surface area contributed by atoms with E-state index in [4.69, 9.17) is 28.7 Å². The zero-order valence-corrected chi connectivity index (χ0v) is 29.4. The molecule has 2 aliphatic rings. The number of hydrogen-bond acceptors (Lipinski definition) is 9. The molecule has 11 heteroatoms. The third-order valence-electron chi connectivity index (χ3n) is 8.83. The van der Waals surface area contributed by atoms with Gasteiger partial charge in [0, 0.05) is 24.4 Å². The zero-order chi connectivity index (χ0) is 35.4.